The van der Waals surface area contributed by atoms with Crippen LogP contribution in [0, 0.1) is 18.7 Å². The van der Waals surface area contributed by atoms with E-state index in [1.807, 2.05) is 37.3 Å². The van der Waals surface area contributed by atoms with Gasteiger partial charge in [0.25, 0.3) is 0 Å². The van der Waals surface area contributed by atoms with Crippen LogP contribution in [0.25, 0.3) is 10.2 Å². The van der Waals surface area contributed by atoms with Crippen molar-refractivity contribution in [2.45, 2.75) is 31.2 Å². The van der Waals surface area contributed by atoms with Crippen LogP contribution in [0.15, 0.2) is 71.8 Å². The molecule has 1 aliphatic rings. The van der Waals surface area contributed by atoms with Crippen molar-refractivity contribution in [3.8, 4) is 0 Å². The monoisotopic (exact) mass is 524 g/mol. The van der Waals surface area contributed by atoms with Crippen LogP contribution in [0.2, 0.25) is 0 Å². The minimum Gasteiger partial charge on any atom is -0.282 e. The van der Waals surface area contributed by atoms with E-state index in [1.54, 1.807) is 11.1 Å². The van der Waals surface area contributed by atoms with Gasteiger partial charge >= 0.3 is 0 Å². The number of pyridine rings is 1. The Bertz CT molecular complexity index is 1480. The number of sulfonamides is 1. The lowest BCUT2D eigenvalue weighted by Crippen LogP contribution is -2.44. The SMILES string of the molecule is Cc1ccc2nc(N(Cc3ccccn3)C(=O)C3CCN(S(=O)(=O)c4ccc(F)cc4)CC3)sc2c1. The summed E-state index contributed by atoms with van der Waals surface area (Å²) in [6.45, 7) is 2.73. The number of rotatable bonds is 6. The fraction of sp³-hybridized carbons (Fsp3) is 0.269. The molecule has 0 radical (unpaired) electrons. The molecule has 1 amide bonds. The van der Waals surface area contributed by atoms with Crippen molar-refractivity contribution in [3.05, 3.63) is 83.9 Å². The lowest BCUT2D eigenvalue weighted by Gasteiger charge is -2.33. The Labute approximate surface area is 213 Å². The van der Waals surface area contributed by atoms with Gasteiger partial charge in [0.15, 0.2) is 5.13 Å². The van der Waals surface area contributed by atoms with E-state index < -0.39 is 15.8 Å². The Morgan fingerprint density at radius 2 is 1.86 bits per heavy atom. The van der Waals surface area contributed by atoms with Gasteiger partial charge in [-0.3, -0.25) is 14.7 Å². The predicted octanol–water partition coefficient (Wildman–Crippen LogP) is 4.77. The number of aryl methyl sites for hydroxylation is 1. The minimum atomic E-state index is -3.75. The summed E-state index contributed by atoms with van der Waals surface area (Å²) in [6.07, 6.45) is 2.47. The lowest BCUT2D eigenvalue weighted by molar-refractivity contribution is -0.123. The van der Waals surface area contributed by atoms with Gasteiger partial charge in [0.1, 0.15) is 5.82 Å². The molecule has 0 N–H and O–H groups in total. The number of carbonyl (C=O) groups is 1. The van der Waals surface area contributed by atoms with Crippen LogP contribution < -0.4 is 4.90 Å². The zero-order chi connectivity index (χ0) is 25.3. The van der Waals surface area contributed by atoms with Crippen LogP contribution in [-0.4, -0.2) is 41.7 Å². The molecule has 0 atom stereocenters. The normalized spacial score (nSPS) is 15.3. The Kier molecular flexibility index (Phi) is 6.83. The average molecular weight is 525 g/mol. The third-order valence-corrected chi connectivity index (χ3v) is 9.28. The van der Waals surface area contributed by atoms with Crippen molar-refractivity contribution in [2.75, 3.05) is 18.0 Å². The number of fused-ring (bicyclic) bond motifs is 1. The highest BCUT2D eigenvalue weighted by atomic mass is 32.2. The van der Waals surface area contributed by atoms with E-state index in [4.69, 9.17) is 4.98 Å². The van der Waals surface area contributed by atoms with Gasteiger partial charge in [0.05, 0.1) is 27.4 Å². The molecule has 3 heterocycles. The molecule has 1 aliphatic heterocycles. The number of thiazole rings is 1. The number of hydrogen-bond donors (Lipinski definition) is 0. The number of aromatic nitrogens is 2. The first-order valence-corrected chi connectivity index (χ1v) is 13.9. The fourth-order valence-electron chi connectivity index (χ4n) is 4.35. The van der Waals surface area contributed by atoms with Crippen molar-refractivity contribution in [1.82, 2.24) is 14.3 Å². The first-order chi connectivity index (χ1) is 17.3. The zero-order valence-corrected chi connectivity index (χ0v) is 21.3. The van der Waals surface area contributed by atoms with Gasteiger partial charge in [-0.05, 0) is 73.9 Å². The van der Waals surface area contributed by atoms with Gasteiger partial charge in [0.2, 0.25) is 15.9 Å². The summed E-state index contributed by atoms with van der Waals surface area (Å²) < 4.78 is 41.6. The first kappa shape index (κ1) is 24.5. The lowest BCUT2D eigenvalue weighted by atomic mass is 9.96. The molecule has 0 bridgehead atoms. The Balaban J connectivity index is 1.37. The molecular weight excluding hydrogens is 499 g/mol. The van der Waals surface area contributed by atoms with Gasteiger partial charge in [-0.2, -0.15) is 4.31 Å². The van der Waals surface area contributed by atoms with E-state index in [1.165, 1.54) is 27.8 Å². The summed E-state index contributed by atoms with van der Waals surface area (Å²) >= 11 is 1.46. The predicted molar refractivity (Wildman–Crippen MR) is 138 cm³/mol. The highest BCUT2D eigenvalue weighted by molar-refractivity contribution is 7.89. The molecule has 186 valence electrons. The summed E-state index contributed by atoms with van der Waals surface area (Å²) in [5.41, 5.74) is 2.70. The molecule has 2 aromatic heterocycles. The summed E-state index contributed by atoms with van der Waals surface area (Å²) in [5, 5.41) is 0.604. The summed E-state index contributed by atoms with van der Waals surface area (Å²) in [5.74, 6) is -0.923. The molecule has 10 heteroatoms. The second-order valence-electron chi connectivity index (χ2n) is 8.85. The molecule has 0 saturated carbocycles. The van der Waals surface area contributed by atoms with Crippen LogP contribution in [-0.2, 0) is 21.4 Å². The largest absolute Gasteiger partial charge is 0.282 e. The van der Waals surface area contributed by atoms with E-state index in [0.29, 0.717) is 18.0 Å². The van der Waals surface area contributed by atoms with Crippen LogP contribution in [0.1, 0.15) is 24.1 Å². The zero-order valence-electron chi connectivity index (χ0n) is 19.7. The smallest absolute Gasteiger partial charge is 0.243 e. The van der Waals surface area contributed by atoms with Crippen LogP contribution in [0.3, 0.4) is 0 Å². The van der Waals surface area contributed by atoms with Crippen molar-refractivity contribution in [1.29, 1.82) is 0 Å². The van der Waals surface area contributed by atoms with Crippen molar-refractivity contribution in [2.24, 2.45) is 5.92 Å². The molecule has 1 saturated heterocycles. The molecule has 5 rings (SSSR count). The summed E-state index contributed by atoms with van der Waals surface area (Å²) in [4.78, 5) is 24.6. The Morgan fingerprint density at radius 1 is 1.11 bits per heavy atom. The topological polar surface area (TPSA) is 83.5 Å². The van der Waals surface area contributed by atoms with Crippen molar-refractivity contribution >= 4 is 42.6 Å². The Hall–Kier alpha value is -3.21. The number of amides is 1. The van der Waals surface area contributed by atoms with E-state index in [-0.39, 0.29) is 36.4 Å². The minimum absolute atomic E-state index is 0.0511. The van der Waals surface area contributed by atoms with E-state index in [9.17, 15) is 17.6 Å². The maximum absolute atomic E-state index is 13.8. The second-order valence-corrected chi connectivity index (χ2v) is 11.8. The van der Waals surface area contributed by atoms with Gasteiger partial charge in [-0.25, -0.2) is 17.8 Å². The third-order valence-electron chi connectivity index (χ3n) is 6.33. The number of hydrogen-bond acceptors (Lipinski definition) is 6. The highest BCUT2D eigenvalue weighted by Crippen LogP contribution is 2.33. The number of halogens is 1. The molecule has 0 spiro atoms. The van der Waals surface area contributed by atoms with Gasteiger partial charge < -0.3 is 0 Å². The molecule has 2 aromatic carbocycles. The molecule has 0 aliphatic carbocycles. The van der Waals surface area contributed by atoms with Crippen molar-refractivity contribution < 1.29 is 17.6 Å². The fourth-order valence-corrected chi connectivity index (χ4v) is 6.89. The summed E-state index contributed by atoms with van der Waals surface area (Å²) in [6, 6.07) is 16.4. The maximum atomic E-state index is 13.8. The van der Waals surface area contributed by atoms with E-state index in [0.717, 1.165) is 33.6 Å². The molecule has 0 unspecified atom stereocenters. The van der Waals surface area contributed by atoms with E-state index in [2.05, 4.69) is 11.1 Å². The van der Waals surface area contributed by atoms with Crippen LogP contribution >= 0.6 is 11.3 Å². The van der Waals surface area contributed by atoms with E-state index >= 15 is 0 Å². The van der Waals surface area contributed by atoms with Gasteiger partial charge in [0, 0.05) is 25.2 Å². The highest BCUT2D eigenvalue weighted by Gasteiger charge is 2.35. The van der Waals surface area contributed by atoms with Crippen LogP contribution in [0.4, 0.5) is 9.52 Å². The van der Waals surface area contributed by atoms with Gasteiger partial charge in [-0.15, -0.1) is 0 Å². The number of nitrogens with zero attached hydrogens (tertiary/aromatic N) is 4. The molecule has 36 heavy (non-hydrogen) atoms. The average Bonchev–Trinajstić information content (AvgIpc) is 3.31. The first-order valence-electron chi connectivity index (χ1n) is 11.7. The second kappa shape index (κ2) is 10.0. The third kappa shape index (κ3) is 5.02. The number of anilines is 1. The number of carbonyl (C=O) groups excluding carboxylic acids is 1. The standard InChI is InChI=1S/C26H25FN4O3S2/c1-18-5-10-23-24(16-18)35-26(29-23)31(17-21-4-2-3-13-28-21)25(32)19-11-14-30(15-12-19)36(33,34)22-8-6-20(27)7-9-22/h2-10,13,16,19H,11-12,14-15,17H2,1H3. The van der Waals surface area contributed by atoms with Crippen LogP contribution in [0.5, 0.6) is 0 Å². The molecule has 1 fully saturated rings. The van der Waals surface area contributed by atoms with Gasteiger partial charge in [-0.1, -0.05) is 23.5 Å². The molecular formula is C26H25FN4O3S2. The number of piperidine rings is 1. The molecule has 7 nitrogen and oxygen atoms in total. The van der Waals surface area contributed by atoms with Crippen molar-refractivity contribution in [3.63, 3.8) is 0 Å². The maximum Gasteiger partial charge on any atom is 0.243 e. The number of benzene rings is 2. The summed E-state index contributed by atoms with van der Waals surface area (Å²) in [7, 11) is -3.75. The quantitative estimate of drug-likeness (QED) is 0.363. The Morgan fingerprint density at radius 3 is 2.56 bits per heavy atom. The molecule has 4 aromatic rings.